The van der Waals surface area contributed by atoms with Gasteiger partial charge >= 0.3 is 0 Å². The molecule has 0 saturated carbocycles. The minimum absolute atomic E-state index is 0.166. The summed E-state index contributed by atoms with van der Waals surface area (Å²) in [5, 5.41) is 6.85. The van der Waals surface area contributed by atoms with Gasteiger partial charge in [-0.15, -0.1) is 0 Å². The summed E-state index contributed by atoms with van der Waals surface area (Å²) in [7, 11) is -3.53. The van der Waals surface area contributed by atoms with Gasteiger partial charge in [0.1, 0.15) is 4.90 Å². The van der Waals surface area contributed by atoms with E-state index in [0.717, 1.165) is 5.56 Å². The number of aromatic amines is 1. The van der Waals surface area contributed by atoms with Gasteiger partial charge in [-0.25, -0.2) is 8.42 Å². The number of hydrogen-bond acceptors (Lipinski definition) is 4. The molecule has 1 fully saturated rings. The molecular weight excluding hydrogens is 314 g/mol. The van der Waals surface area contributed by atoms with Crippen LogP contribution in [0.15, 0.2) is 41.6 Å². The van der Waals surface area contributed by atoms with E-state index in [2.05, 4.69) is 10.2 Å². The molecule has 1 aliphatic heterocycles. The number of hydrogen-bond donors (Lipinski definition) is 1. The molecule has 0 spiro atoms. The van der Waals surface area contributed by atoms with Crippen molar-refractivity contribution in [3.8, 4) is 0 Å². The van der Waals surface area contributed by atoms with Crippen molar-refractivity contribution in [1.29, 1.82) is 0 Å². The maximum atomic E-state index is 12.5. The van der Waals surface area contributed by atoms with Crippen molar-refractivity contribution in [1.82, 2.24) is 14.5 Å². The van der Waals surface area contributed by atoms with E-state index < -0.39 is 10.0 Å². The largest absolute Gasteiger partial charge is 0.371 e. The highest BCUT2D eigenvalue weighted by Gasteiger charge is 2.31. The maximum absolute atomic E-state index is 12.5. The third-order valence-corrected chi connectivity index (χ3v) is 5.46. The zero-order valence-electron chi connectivity index (χ0n) is 11.1. The van der Waals surface area contributed by atoms with Crippen molar-refractivity contribution in [2.75, 3.05) is 19.7 Å². The van der Waals surface area contributed by atoms with Gasteiger partial charge < -0.3 is 4.74 Å². The van der Waals surface area contributed by atoms with Crippen molar-refractivity contribution in [3.63, 3.8) is 0 Å². The smallest absolute Gasteiger partial charge is 0.246 e. The first-order chi connectivity index (χ1) is 10.1. The van der Waals surface area contributed by atoms with Gasteiger partial charge in [0.2, 0.25) is 10.0 Å². The lowest BCUT2D eigenvalue weighted by atomic mass is 10.1. The van der Waals surface area contributed by atoms with Crippen LogP contribution in [0.4, 0.5) is 0 Å². The number of aromatic nitrogens is 2. The highest BCUT2D eigenvalue weighted by Crippen LogP contribution is 2.26. The highest BCUT2D eigenvalue weighted by atomic mass is 35.5. The van der Waals surface area contributed by atoms with Gasteiger partial charge in [-0.2, -0.15) is 9.40 Å². The number of halogens is 1. The average molecular weight is 328 g/mol. The van der Waals surface area contributed by atoms with E-state index in [1.54, 1.807) is 12.1 Å². The normalized spacial score (nSPS) is 20.5. The molecule has 1 unspecified atom stereocenters. The molecule has 1 saturated heterocycles. The summed E-state index contributed by atoms with van der Waals surface area (Å²) < 4.78 is 32.0. The van der Waals surface area contributed by atoms with Crippen molar-refractivity contribution >= 4 is 21.6 Å². The van der Waals surface area contributed by atoms with E-state index in [1.807, 2.05) is 12.1 Å². The molecule has 1 aromatic carbocycles. The number of sulfonamides is 1. The first-order valence-corrected chi connectivity index (χ1v) is 8.25. The van der Waals surface area contributed by atoms with Crippen LogP contribution in [0.2, 0.25) is 5.02 Å². The first-order valence-electron chi connectivity index (χ1n) is 6.43. The zero-order chi connectivity index (χ0) is 14.9. The molecule has 1 atom stereocenters. The lowest BCUT2D eigenvalue weighted by Crippen LogP contribution is -2.42. The molecule has 0 radical (unpaired) electrons. The van der Waals surface area contributed by atoms with E-state index in [-0.39, 0.29) is 17.5 Å². The Hall–Kier alpha value is -1.41. The molecule has 1 N–H and O–H groups in total. The molecule has 1 aliphatic rings. The molecule has 3 rings (SSSR count). The van der Waals surface area contributed by atoms with E-state index in [9.17, 15) is 8.42 Å². The number of nitrogens with one attached hydrogen (secondary N) is 1. The number of benzene rings is 1. The summed E-state index contributed by atoms with van der Waals surface area (Å²) in [4.78, 5) is 0.166. The molecule has 2 aromatic rings. The van der Waals surface area contributed by atoms with Crippen molar-refractivity contribution < 1.29 is 13.2 Å². The predicted octanol–water partition coefficient (Wildman–Crippen LogP) is 1.83. The molecule has 6 nitrogen and oxygen atoms in total. The third-order valence-electron chi connectivity index (χ3n) is 3.38. The van der Waals surface area contributed by atoms with E-state index in [1.165, 1.54) is 16.7 Å². The zero-order valence-corrected chi connectivity index (χ0v) is 12.6. The number of rotatable bonds is 3. The maximum Gasteiger partial charge on any atom is 0.246 e. The molecular formula is C13H14ClN3O3S. The molecule has 0 aliphatic carbocycles. The molecule has 1 aromatic heterocycles. The molecule has 0 bridgehead atoms. The fourth-order valence-electron chi connectivity index (χ4n) is 2.25. The summed E-state index contributed by atoms with van der Waals surface area (Å²) in [6.07, 6.45) is 2.39. The van der Waals surface area contributed by atoms with Crippen LogP contribution in [-0.2, 0) is 14.8 Å². The predicted molar refractivity (Wildman–Crippen MR) is 77.5 cm³/mol. The van der Waals surface area contributed by atoms with Crippen LogP contribution in [0.25, 0.3) is 0 Å². The van der Waals surface area contributed by atoms with Crippen LogP contribution < -0.4 is 0 Å². The van der Waals surface area contributed by atoms with Crippen LogP contribution >= 0.6 is 11.6 Å². The Bertz CT molecular complexity index is 701. The minimum Gasteiger partial charge on any atom is -0.371 e. The Morgan fingerprint density at radius 3 is 2.76 bits per heavy atom. The van der Waals surface area contributed by atoms with Crippen molar-refractivity contribution in [3.05, 3.63) is 47.2 Å². The second kappa shape index (κ2) is 5.76. The van der Waals surface area contributed by atoms with Gasteiger partial charge in [0.25, 0.3) is 0 Å². The number of H-pyrrole nitrogens is 1. The van der Waals surface area contributed by atoms with Crippen LogP contribution in [0.5, 0.6) is 0 Å². The Morgan fingerprint density at radius 2 is 2.10 bits per heavy atom. The molecule has 0 amide bonds. The van der Waals surface area contributed by atoms with Crippen LogP contribution in [0, 0.1) is 0 Å². The van der Waals surface area contributed by atoms with Crippen molar-refractivity contribution in [2.24, 2.45) is 0 Å². The lowest BCUT2D eigenvalue weighted by Gasteiger charge is -2.32. The summed E-state index contributed by atoms with van der Waals surface area (Å²) in [6, 6.07) is 7.23. The second-order valence-corrected chi connectivity index (χ2v) is 7.08. The number of nitrogens with zero attached hydrogens (tertiary/aromatic N) is 2. The van der Waals surface area contributed by atoms with Gasteiger partial charge in [0.15, 0.2) is 0 Å². The highest BCUT2D eigenvalue weighted by molar-refractivity contribution is 7.89. The fraction of sp³-hybridized carbons (Fsp3) is 0.308. The Kier molecular flexibility index (Phi) is 3.99. The fourth-order valence-corrected chi connectivity index (χ4v) is 3.71. The Morgan fingerprint density at radius 1 is 1.33 bits per heavy atom. The summed E-state index contributed by atoms with van der Waals surface area (Å²) >= 11 is 5.86. The Labute approximate surface area is 127 Å². The quantitative estimate of drug-likeness (QED) is 0.933. The van der Waals surface area contributed by atoms with Gasteiger partial charge in [-0.1, -0.05) is 23.7 Å². The summed E-state index contributed by atoms with van der Waals surface area (Å²) in [5.74, 6) is 0. The van der Waals surface area contributed by atoms with E-state index in [0.29, 0.717) is 18.2 Å². The second-order valence-electron chi connectivity index (χ2n) is 4.71. The van der Waals surface area contributed by atoms with E-state index >= 15 is 0 Å². The standard InChI is InChI=1S/C13H14ClN3O3S/c14-11-3-1-10(2-4-11)13-9-17(5-6-20-13)21(18,19)12-7-15-16-8-12/h1-4,7-8,13H,5-6,9H2,(H,15,16). The summed E-state index contributed by atoms with van der Waals surface area (Å²) in [6.45, 7) is 0.955. The summed E-state index contributed by atoms with van der Waals surface area (Å²) in [5.41, 5.74) is 0.909. The minimum atomic E-state index is -3.53. The van der Waals surface area contributed by atoms with Crippen LogP contribution in [-0.4, -0.2) is 42.6 Å². The topological polar surface area (TPSA) is 75.3 Å². The molecule has 8 heteroatoms. The molecule has 21 heavy (non-hydrogen) atoms. The average Bonchev–Trinajstić information content (AvgIpc) is 3.03. The SMILES string of the molecule is O=S(=O)(c1cn[nH]c1)N1CCOC(c2ccc(Cl)cc2)C1. The monoisotopic (exact) mass is 327 g/mol. The molecule has 2 heterocycles. The van der Waals surface area contributed by atoms with E-state index in [4.69, 9.17) is 16.3 Å². The first kappa shape index (κ1) is 14.5. The van der Waals surface area contributed by atoms with Gasteiger partial charge in [0, 0.05) is 24.3 Å². The van der Waals surface area contributed by atoms with Gasteiger partial charge in [-0.05, 0) is 17.7 Å². The number of morpholine rings is 1. The Balaban J connectivity index is 1.82. The molecule has 112 valence electrons. The van der Waals surface area contributed by atoms with Gasteiger partial charge in [0.05, 0.1) is 18.9 Å². The van der Waals surface area contributed by atoms with Crippen LogP contribution in [0.1, 0.15) is 11.7 Å². The van der Waals surface area contributed by atoms with Gasteiger partial charge in [-0.3, -0.25) is 5.10 Å². The van der Waals surface area contributed by atoms with Crippen molar-refractivity contribution in [2.45, 2.75) is 11.0 Å². The lowest BCUT2D eigenvalue weighted by molar-refractivity contribution is -0.00255. The third kappa shape index (κ3) is 2.96. The number of ether oxygens (including phenoxy) is 1. The van der Waals surface area contributed by atoms with Crippen LogP contribution in [0.3, 0.4) is 0 Å².